The summed E-state index contributed by atoms with van der Waals surface area (Å²) in [5, 5.41) is 5.19. The SMILES string of the molecule is CC1=C(C)C([Si]C2C(C)=C(C)c3c(-c4ccc5ccccc5c4)cccc32)c2cccc(-c3ccc4ccccc4c3)c21. The summed E-state index contributed by atoms with van der Waals surface area (Å²) in [6, 6.07) is 45.2. The molecule has 0 saturated carbocycles. The van der Waals surface area contributed by atoms with Crippen molar-refractivity contribution in [2.75, 3.05) is 0 Å². The van der Waals surface area contributed by atoms with Crippen molar-refractivity contribution in [1.82, 2.24) is 0 Å². The number of hydrogen-bond acceptors (Lipinski definition) is 0. The highest BCUT2D eigenvalue weighted by Crippen LogP contribution is 2.51. The molecule has 6 aromatic carbocycles. The fourth-order valence-electron chi connectivity index (χ4n) is 7.54. The normalized spacial score (nSPS) is 17.7. The molecular weight excluding hydrogens is 533 g/mol. The van der Waals surface area contributed by atoms with Gasteiger partial charge in [-0.1, -0.05) is 120 Å². The van der Waals surface area contributed by atoms with Crippen molar-refractivity contribution in [2.45, 2.75) is 38.8 Å². The van der Waals surface area contributed by atoms with Gasteiger partial charge in [0.1, 0.15) is 0 Å². The third-order valence-electron chi connectivity index (χ3n) is 10.1. The largest absolute Gasteiger partial charge is 0.0678 e. The summed E-state index contributed by atoms with van der Waals surface area (Å²) in [7, 11) is 0.767. The topological polar surface area (TPSA) is 0 Å². The van der Waals surface area contributed by atoms with Crippen molar-refractivity contribution in [1.29, 1.82) is 0 Å². The monoisotopic (exact) mass is 566 g/mol. The molecule has 0 heterocycles. The average molecular weight is 567 g/mol. The Morgan fingerprint density at radius 3 is 1.28 bits per heavy atom. The highest BCUT2D eigenvalue weighted by Gasteiger charge is 2.36. The molecule has 0 aliphatic heterocycles. The highest BCUT2D eigenvalue weighted by atomic mass is 28.2. The number of benzene rings is 6. The van der Waals surface area contributed by atoms with Crippen LogP contribution in [0.2, 0.25) is 0 Å². The molecule has 2 aliphatic rings. The van der Waals surface area contributed by atoms with Gasteiger partial charge in [-0.25, -0.2) is 0 Å². The van der Waals surface area contributed by atoms with Crippen LogP contribution in [0.3, 0.4) is 0 Å². The maximum Gasteiger partial charge on any atom is 0.0678 e. The molecule has 8 rings (SSSR count). The van der Waals surface area contributed by atoms with Crippen molar-refractivity contribution in [3.63, 3.8) is 0 Å². The number of hydrogen-bond donors (Lipinski definition) is 0. The van der Waals surface area contributed by atoms with Crippen LogP contribution in [-0.4, -0.2) is 9.52 Å². The first-order valence-corrected chi connectivity index (χ1v) is 16.5. The van der Waals surface area contributed by atoms with Crippen molar-refractivity contribution >= 4 is 42.2 Å². The van der Waals surface area contributed by atoms with Crippen molar-refractivity contribution in [3.8, 4) is 22.3 Å². The lowest BCUT2D eigenvalue weighted by Gasteiger charge is -2.21. The minimum Gasteiger partial charge on any atom is -0.0655 e. The van der Waals surface area contributed by atoms with Crippen LogP contribution >= 0.6 is 0 Å². The maximum atomic E-state index is 2.39. The molecule has 0 amide bonds. The van der Waals surface area contributed by atoms with E-state index >= 15 is 0 Å². The zero-order valence-corrected chi connectivity index (χ0v) is 26.2. The molecule has 2 atom stereocenters. The predicted octanol–water partition coefficient (Wildman–Crippen LogP) is 11.4. The lowest BCUT2D eigenvalue weighted by Crippen LogP contribution is -2.17. The molecule has 43 heavy (non-hydrogen) atoms. The molecule has 2 aliphatic carbocycles. The second-order valence-electron chi connectivity index (χ2n) is 12.3. The second-order valence-corrected chi connectivity index (χ2v) is 13.8. The molecule has 0 bridgehead atoms. The van der Waals surface area contributed by atoms with Gasteiger partial charge >= 0.3 is 0 Å². The minimum atomic E-state index is 0.443. The Labute approximate surface area is 257 Å². The summed E-state index contributed by atoms with van der Waals surface area (Å²) in [6.07, 6.45) is 0. The lowest BCUT2D eigenvalue weighted by atomic mass is 9.93. The summed E-state index contributed by atoms with van der Waals surface area (Å²) in [5.74, 6) is 0. The van der Waals surface area contributed by atoms with Crippen molar-refractivity contribution in [2.24, 2.45) is 0 Å². The van der Waals surface area contributed by atoms with E-state index in [9.17, 15) is 0 Å². The third kappa shape index (κ3) is 4.10. The van der Waals surface area contributed by atoms with Crippen LogP contribution in [0.5, 0.6) is 0 Å². The van der Waals surface area contributed by atoms with Crippen LogP contribution in [0, 0.1) is 0 Å². The van der Waals surface area contributed by atoms with E-state index in [1.54, 1.807) is 0 Å². The van der Waals surface area contributed by atoms with E-state index in [4.69, 9.17) is 0 Å². The Morgan fingerprint density at radius 1 is 0.419 bits per heavy atom. The summed E-state index contributed by atoms with van der Waals surface area (Å²) < 4.78 is 0. The van der Waals surface area contributed by atoms with E-state index in [-0.39, 0.29) is 0 Å². The van der Waals surface area contributed by atoms with Gasteiger partial charge in [-0.05, 0) is 128 Å². The van der Waals surface area contributed by atoms with Gasteiger partial charge in [-0.3, -0.25) is 0 Å². The third-order valence-corrected chi connectivity index (χ3v) is 12.2. The van der Waals surface area contributed by atoms with Crippen LogP contribution in [0.25, 0.3) is 54.9 Å². The molecule has 6 aromatic rings. The number of rotatable bonds is 4. The molecular formula is C42H34Si. The van der Waals surface area contributed by atoms with E-state index in [0.717, 1.165) is 9.52 Å². The quantitative estimate of drug-likeness (QED) is 0.186. The van der Waals surface area contributed by atoms with E-state index < -0.39 is 0 Å². The first-order chi connectivity index (χ1) is 21.0. The predicted molar refractivity (Wildman–Crippen MR) is 187 cm³/mol. The van der Waals surface area contributed by atoms with Crippen LogP contribution in [-0.2, 0) is 0 Å². The first-order valence-electron chi connectivity index (χ1n) is 15.4. The molecule has 0 saturated heterocycles. The van der Waals surface area contributed by atoms with Crippen molar-refractivity contribution < 1.29 is 0 Å². The Kier molecular flexibility index (Phi) is 6.13. The van der Waals surface area contributed by atoms with E-state index in [1.165, 1.54) is 88.3 Å². The van der Waals surface area contributed by atoms with E-state index in [0.29, 0.717) is 11.1 Å². The fourth-order valence-corrected chi connectivity index (χ4v) is 9.65. The van der Waals surface area contributed by atoms with Crippen LogP contribution in [0.15, 0.2) is 132 Å². The molecule has 206 valence electrons. The molecule has 2 radical (unpaired) electrons. The van der Waals surface area contributed by atoms with Gasteiger partial charge in [0.2, 0.25) is 0 Å². The van der Waals surface area contributed by atoms with E-state index in [1.807, 2.05) is 0 Å². The Bertz CT molecular complexity index is 2000. The van der Waals surface area contributed by atoms with Gasteiger partial charge in [0, 0.05) is 0 Å². The van der Waals surface area contributed by atoms with Crippen LogP contribution < -0.4 is 0 Å². The van der Waals surface area contributed by atoms with E-state index in [2.05, 4.69) is 149 Å². The Hall–Kier alpha value is -4.46. The average Bonchev–Trinajstić information content (AvgIpc) is 3.44. The maximum absolute atomic E-state index is 2.39. The van der Waals surface area contributed by atoms with Gasteiger partial charge in [-0.2, -0.15) is 0 Å². The molecule has 0 aromatic heterocycles. The van der Waals surface area contributed by atoms with Gasteiger partial charge in [-0.15, -0.1) is 0 Å². The zero-order valence-electron chi connectivity index (χ0n) is 25.2. The van der Waals surface area contributed by atoms with Crippen molar-refractivity contribution in [3.05, 3.63) is 155 Å². The standard InChI is InChI=1S/C42H34Si/c1-25-27(3)41(37-17-9-15-35(39(25)37)33-21-19-29-11-5-7-13-31(29)23-33)43-42-28(4)26(2)40-36(16-10-18-38(40)42)34-22-20-30-12-6-8-14-32(30)24-34/h5-24,41-42H,1-4H3. The van der Waals surface area contributed by atoms with Gasteiger partial charge < -0.3 is 0 Å². The zero-order chi connectivity index (χ0) is 29.2. The highest BCUT2D eigenvalue weighted by molar-refractivity contribution is 6.44. The van der Waals surface area contributed by atoms with Crippen LogP contribution in [0.1, 0.15) is 61.0 Å². The first kappa shape index (κ1) is 26.2. The Balaban J connectivity index is 1.19. The summed E-state index contributed by atoms with van der Waals surface area (Å²) in [5.41, 5.74) is 18.1. The Morgan fingerprint density at radius 2 is 0.837 bits per heavy atom. The number of fused-ring (bicyclic) bond motifs is 4. The second kappa shape index (κ2) is 10.1. The molecule has 2 unspecified atom stereocenters. The molecule has 0 fully saturated rings. The summed E-state index contributed by atoms with van der Waals surface area (Å²) in [6.45, 7) is 9.45. The van der Waals surface area contributed by atoms with Crippen LogP contribution in [0.4, 0.5) is 0 Å². The molecule has 1 heteroatoms. The fraction of sp³-hybridized carbons (Fsp3) is 0.143. The van der Waals surface area contributed by atoms with Gasteiger partial charge in [0.15, 0.2) is 0 Å². The lowest BCUT2D eigenvalue weighted by molar-refractivity contribution is 1.03. The van der Waals surface area contributed by atoms with Gasteiger partial charge in [0.05, 0.1) is 9.52 Å². The summed E-state index contributed by atoms with van der Waals surface area (Å²) >= 11 is 0. The smallest absolute Gasteiger partial charge is 0.0655 e. The minimum absolute atomic E-state index is 0.443. The molecule has 0 N–H and O–H groups in total. The molecule has 0 spiro atoms. The van der Waals surface area contributed by atoms with Gasteiger partial charge in [0.25, 0.3) is 0 Å². The number of allylic oxidation sites excluding steroid dienone is 4. The summed E-state index contributed by atoms with van der Waals surface area (Å²) in [4.78, 5) is 0. The molecule has 0 nitrogen and oxygen atoms in total.